The predicted molar refractivity (Wildman–Crippen MR) is 89.5 cm³/mol. The molecular weight excluding hydrogens is 306 g/mol. The average Bonchev–Trinajstić information content (AvgIpc) is 2.92. The molecule has 1 atom stereocenters. The van der Waals surface area contributed by atoms with Crippen LogP contribution in [0.2, 0.25) is 0 Å². The molecule has 1 aliphatic heterocycles. The fraction of sp³-hybridized carbons (Fsp3) is 0.389. The van der Waals surface area contributed by atoms with Crippen LogP contribution in [0.15, 0.2) is 36.7 Å². The molecular formula is C18H21N3O3. The maximum absolute atomic E-state index is 12.4. The zero-order valence-electron chi connectivity index (χ0n) is 13.7. The van der Waals surface area contributed by atoms with Crippen molar-refractivity contribution in [2.24, 2.45) is 0 Å². The van der Waals surface area contributed by atoms with Crippen molar-refractivity contribution in [1.82, 2.24) is 14.9 Å². The Morgan fingerprint density at radius 1 is 1.33 bits per heavy atom. The number of rotatable bonds is 4. The van der Waals surface area contributed by atoms with Crippen LogP contribution in [-0.2, 0) is 9.53 Å². The van der Waals surface area contributed by atoms with Crippen molar-refractivity contribution in [2.75, 3.05) is 13.2 Å². The smallest absolute Gasteiger partial charge is 0.359 e. The third-order valence-corrected chi connectivity index (χ3v) is 4.15. The molecule has 6 nitrogen and oxygen atoms in total. The molecule has 2 aromatic rings. The van der Waals surface area contributed by atoms with E-state index >= 15 is 0 Å². The van der Waals surface area contributed by atoms with E-state index in [1.54, 1.807) is 13.3 Å². The number of imidazole rings is 1. The molecule has 0 bridgehead atoms. The van der Waals surface area contributed by atoms with Gasteiger partial charge in [-0.3, -0.25) is 4.79 Å². The second kappa shape index (κ2) is 7.29. The zero-order chi connectivity index (χ0) is 16.9. The van der Waals surface area contributed by atoms with Crippen molar-refractivity contribution < 1.29 is 14.3 Å². The molecule has 3 rings (SSSR count). The highest BCUT2D eigenvalue weighted by Gasteiger charge is 2.28. The highest BCUT2D eigenvalue weighted by molar-refractivity contribution is 5.95. The van der Waals surface area contributed by atoms with Gasteiger partial charge in [-0.25, -0.2) is 9.78 Å². The highest BCUT2D eigenvalue weighted by Crippen LogP contribution is 2.30. The second-order valence-corrected chi connectivity index (χ2v) is 5.74. The molecule has 1 N–H and O–H groups in total. The standard InChI is InChI=1S/C18H21N3O3/c1-2-24-18(23)15-16(13-8-4-3-5-9-13)21(12-20-15)14-10-6-7-11-19-17(14)22/h3-5,8-9,12,14H,2,6-7,10-11H2,1H3,(H,19,22). The first-order valence-corrected chi connectivity index (χ1v) is 8.29. The van der Waals surface area contributed by atoms with Crippen LogP contribution in [0.5, 0.6) is 0 Å². The van der Waals surface area contributed by atoms with E-state index in [1.165, 1.54) is 0 Å². The lowest BCUT2D eigenvalue weighted by Gasteiger charge is -2.18. The quantitative estimate of drug-likeness (QED) is 0.876. The van der Waals surface area contributed by atoms with Crippen LogP contribution in [0.3, 0.4) is 0 Å². The molecule has 1 saturated heterocycles. The molecule has 1 aromatic heterocycles. The number of carbonyl (C=O) groups excluding carboxylic acids is 2. The number of hydrogen-bond donors (Lipinski definition) is 1. The van der Waals surface area contributed by atoms with Crippen LogP contribution in [0.1, 0.15) is 42.7 Å². The topological polar surface area (TPSA) is 73.2 Å². The van der Waals surface area contributed by atoms with Crippen LogP contribution in [-0.4, -0.2) is 34.6 Å². The summed E-state index contributed by atoms with van der Waals surface area (Å²) >= 11 is 0. The monoisotopic (exact) mass is 327 g/mol. The third kappa shape index (κ3) is 3.18. The Labute approximate surface area is 140 Å². The molecule has 0 radical (unpaired) electrons. The summed E-state index contributed by atoms with van der Waals surface area (Å²) in [6, 6.07) is 9.16. The minimum absolute atomic E-state index is 0.0301. The Morgan fingerprint density at radius 2 is 2.12 bits per heavy atom. The van der Waals surface area contributed by atoms with E-state index in [4.69, 9.17) is 4.74 Å². The van der Waals surface area contributed by atoms with Gasteiger partial charge in [0.05, 0.1) is 18.6 Å². The Balaban J connectivity index is 2.09. The number of ether oxygens (including phenoxy) is 1. The molecule has 126 valence electrons. The van der Waals surface area contributed by atoms with Gasteiger partial charge in [0.25, 0.3) is 0 Å². The summed E-state index contributed by atoms with van der Waals surface area (Å²) < 4.78 is 6.93. The molecule has 1 aliphatic rings. The molecule has 6 heteroatoms. The molecule has 1 fully saturated rings. The van der Waals surface area contributed by atoms with E-state index in [0.29, 0.717) is 12.2 Å². The SMILES string of the molecule is CCOC(=O)c1ncn(C2CCCCNC2=O)c1-c1ccccc1. The molecule has 24 heavy (non-hydrogen) atoms. The van der Waals surface area contributed by atoms with Gasteiger partial charge in [0, 0.05) is 12.1 Å². The molecule has 2 heterocycles. The van der Waals surface area contributed by atoms with Gasteiger partial charge in [-0.1, -0.05) is 30.3 Å². The fourth-order valence-corrected chi connectivity index (χ4v) is 3.02. The highest BCUT2D eigenvalue weighted by atomic mass is 16.5. The van der Waals surface area contributed by atoms with Crippen LogP contribution in [0.4, 0.5) is 0 Å². The number of carbonyl (C=O) groups is 2. The Kier molecular flexibility index (Phi) is 4.93. The summed E-state index contributed by atoms with van der Waals surface area (Å²) in [5.41, 5.74) is 1.73. The molecule has 0 saturated carbocycles. The maximum Gasteiger partial charge on any atom is 0.359 e. The third-order valence-electron chi connectivity index (χ3n) is 4.15. The maximum atomic E-state index is 12.4. The van der Waals surface area contributed by atoms with Crippen LogP contribution in [0.25, 0.3) is 11.3 Å². The van der Waals surface area contributed by atoms with Crippen LogP contribution >= 0.6 is 0 Å². The van der Waals surface area contributed by atoms with E-state index in [2.05, 4.69) is 10.3 Å². The van der Waals surface area contributed by atoms with Gasteiger partial charge < -0.3 is 14.6 Å². The minimum atomic E-state index is -0.468. The Hall–Kier alpha value is -2.63. The van der Waals surface area contributed by atoms with E-state index < -0.39 is 5.97 Å². The summed E-state index contributed by atoms with van der Waals surface area (Å²) in [4.78, 5) is 29.0. The summed E-state index contributed by atoms with van der Waals surface area (Å²) in [6.45, 7) is 2.73. The van der Waals surface area contributed by atoms with E-state index in [9.17, 15) is 9.59 Å². The van der Waals surface area contributed by atoms with Gasteiger partial charge in [-0.05, 0) is 26.2 Å². The van der Waals surface area contributed by atoms with Gasteiger partial charge in [0.15, 0.2) is 5.69 Å². The number of benzene rings is 1. The lowest BCUT2D eigenvalue weighted by atomic mass is 10.1. The minimum Gasteiger partial charge on any atom is -0.461 e. The number of nitrogens with one attached hydrogen (secondary N) is 1. The van der Waals surface area contributed by atoms with Gasteiger partial charge in [0.2, 0.25) is 5.91 Å². The number of aromatic nitrogens is 2. The van der Waals surface area contributed by atoms with Crippen molar-refractivity contribution in [3.8, 4) is 11.3 Å². The Bertz CT molecular complexity index is 724. The molecule has 0 aliphatic carbocycles. The largest absolute Gasteiger partial charge is 0.461 e. The van der Waals surface area contributed by atoms with E-state index in [-0.39, 0.29) is 24.2 Å². The first-order valence-electron chi connectivity index (χ1n) is 8.29. The lowest BCUT2D eigenvalue weighted by molar-refractivity contribution is -0.124. The van der Waals surface area contributed by atoms with Gasteiger partial charge in [-0.15, -0.1) is 0 Å². The van der Waals surface area contributed by atoms with Gasteiger partial charge >= 0.3 is 5.97 Å². The van der Waals surface area contributed by atoms with Crippen molar-refractivity contribution in [3.05, 3.63) is 42.4 Å². The van der Waals surface area contributed by atoms with E-state index in [0.717, 1.165) is 24.8 Å². The van der Waals surface area contributed by atoms with Gasteiger partial charge in [0.1, 0.15) is 6.04 Å². The molecule has 1 unspecified atom stereocenters. The molecule has 1 aromatic carbocycles. The second-order valence-electron chi connectivity index (χ2n) is 5.74. The Morgan fingerprint density at radius 3 is 2.88 bits per heavy atom. The molecule has 1 amide bonds. The van der Waals surface area contributed by atoms with E-state index in [1.807, 2.05) is 34.9 Å². The number of hydrogen-bond acceptors (Lipinski definition) is 4. The first kappa shape index (κ1) is 16.2. The normalized spacial score (nSPS) is 17.9. The first-order chi connectivity index (χ1) is 11.7. The fourth-order valence-electron chi connectivity index (χ4n) is 3.02. The summed E-state index contributed by atoms with van der Waals surface area (Å²) in [5.74, 6) is -0.498. The number of esters is 1. The molecule has 0 spiro atoms. The lowest BCUT2D eigenvalue weighted by Crippen LogP contribution is -2.31. The summed E-state index contributed by atoms with van der Waals surface area (Å²) in [5, 5.41) is 2.93. The van der Waals surface area contributed by atoms with Crippen LogP contribution in [0, 0.1) is 0 Å². The number of nitrogens with zero attached hydrogens (tertiary/aromatic N) is 2. The summed E-state index contributed by atoms with van der Waals surface area (Å²) in [6.07, 6.45) is 4.21. The zero-order valence-corrected chi connectivity index (χ0v) is 13.7. The predicted octanol–water partition coefficient (Wildman–Crippen LogP) is 2.57. The van der Waals surface area contributed by atoms with Crippen molar-refractivity contribution >= 4 is 11.9 Å². The average molecular weight is 327 g/mol. The van der Waals surface area contributed by atoms with Crippen molar-refractivity contribution in [2.45, 2.75) is 32.2 Å². The van der Waals surface area contributed by atoms with Gasteiger partial charge in [-0.2, -0.15) is 0 Å². The number of amides is 1. The summed E-state index contributed by atoms with van der Waals surface area (Å²) in [7, 11) is 0. The van der Waals surface area contributed by atoms with Crippen molar-refractivity contribution in [1.29, 1.82) is 0 Å². The van der Waals surface area contributed by atoms with Crippen molar-refractivity contribution in [3.63, 3.8) is 0 Å². The van der Waals surface area contributed by atoms with Crippen LogP contribution < -0.4 is 5.32 Å².